The largest absolute Gasteiger partial charge is 0.481 e. The summed E-state index contributed by atoms with van der Waals surface area (Å²) >= 11 is 0. The van der Waals surface area contributed by atoms with Crippen LogP contribution in [0.1, 0.15) is 75.0 Å². The van der Waals surface area contributed by atoms with Crippen molar-refractivity contribution in [1.29, 1.82) is 0 Å². The number of nitrogens with zero attached hydrogens (tertiary/aromatic N) is 8. The van der Waals surface area contributed by atoms with E-state index < -0.39 is 17.7 Å². The fraction of sp³-hybridized carbons (Fsp3) is 0.568. The first-order valence-corrected chi connectivity index (χ1v) is 18.2. The van der Waals surface area contributed by atoms with Gasteiger partial charge in [-0.2, -0.15) is 13.2 Å². The van der Waals surface area contributed by atoms with E-state index in [2.05, 4.69) is 24.7 Å². The average molecular weight is 722 g/mol. The lowest BCUT2D eigenvalue weighted by molar-refractivity contribution is -0.139. The van der Waals surface area contributed by atoms with Crippen LogP contribution in [-0.2, 0) is 15.7 Å². The molecular formula is C37H46F3N9O3. The standard InChI is InChI=1S/C37H46F3N9O3/c1-47(22-36(23-52-2)10-4-3-5-11-36)29-18-27(25-17-26(37(38,39)40)32(43-19-25)24-8-9-24)44-35-33(29)45-34(46-35)28-20-42-30(21-41-28)49-15-13-48(14-16-49)12-6-7-31(50)51/h17-21,24H,3-16,22-23H2,1-2H3,(H,50,51)(H,44,45,46). The number of imidazole rings is 1. The van der Waals surface area contributed by atoms with E-state index >= 15 is 0 Å². The fourth-order valence-corrected chi connectivity index (χ4v) is 7.87. The van der Waals surface area contributed by atoms with Crippen LogP contribution in [0, 0.1) is 5.41 Å². The number of ether oxygens (including phenoxy) is 1. The second kappa shape index (κ2) is 14.9. The molecule has 52 heavy (non-hydrogen) atoms. The topological polar surface area (TPSA) is 136 Å². The van der Waals surface area contributed by atoms with Crippen molar-refractivity contribution >= 4 is 28.6 Å². The predicted octanol–water partition coefficient (Wildman–Crippen LogP) is 6.39. The molecule has 2 saturated carbocycles. The van der Waals surface area contributed by atoms with Crippen LogP contribution in [0.25, 0.3) is 33.9 Å². The Bertz CT molecular complexity index is 1860. The molecule has 15 heteroatoms. The number of hydrogen-bond donors (Lipinski definition) is 2. The number of aromatic nitrogens is 6. The first kappa shape index (κ1) is 36.0. The number of halogens is 3. The Morgan fingerprint density at radius 2 is 1.79 bits per heavy atom. The average Bonchev–Trinajstić information content (AvgIpc) is 3.89. The summed E-state index contributed by atoms with van der Waals surface area (Å²) in [6.45, 7) is 5.20. The molecule has 4 aromatic rings. The lowest BCUT2D eigenvalue weighted by Gasteiger charge is -2.40. The first-order chi connectivity index (χ1) is 25.0. The van der Waals surface area contributed by atoms with Crippen molar-refractivity contribution in [2.24, 2.45) is 5.41 Å². The predicted molar refractivity (Wildman–Crippen MR) is 191 cm³/mol. The van der Waals surface area contributed by atoms with Gasteiger partial charge in [0.1, 0.15) is 17.0 Å². The summed E-state index contributed by atoms with van der Waals surface area (Å²) in [6.07, 6.45) is 8.09. The summed E-state index contributed by atoms with van der Waals surface area (Å²) in [6, 6.07) is 3.01. The SMILES string of the molecule is COCC1(CN(C)c2cc(-c3cnc(C4CC4)c(C(F)(F)F)c3)nc3nc(-c4cnc(N5CCN(CCCC(=O)O)CC5)cn4)[nH]c23)CCCCC1. The van der Waals surface area contributed by atoms with Gasteiger partial charge >= 0.3 is 12.1 Å². The number of piperazine rings is 1. The first-order valence-electron chi connectivity index (χ1n) is 18.2. The molecule has 3 fully saturated rings. The Kier molecular flexibility index (Phi) is 10.3. The molecule has 0 unspecified atom stereocenters. The molecule has 5 heterocycles. The number of H-pyrrole nitrogens is 1. The van der Waals surface area contributed by atoms with E-state index in [1.165, 1.54) is 18.7 Å². The van der Waals surface area contributed by atoms with Gasteiger partial charge in [0.05, 0.1) is 41.6 Å². The van der Waals surface area contributed by atoms with Crippen LogP contribution < -0.4 is 9.80 Å². The molecule has 7 rings (SSSR count). The van der Waals surface area contributed by atoms with E-state index in [9.17, 15) is 18.0 Å². The molecule has 2 N–H and O–H groups in total. The number of rotatable bonds is 13. The third-order valence-corrected chi connectivity index (χ3v) is 10.7. The maximum Gasteiger partial charge on any atom is 0.418 e. The van der Waals surface area contributed by atoms with Crippen molar-refractivity contribution in [3.05, 3.63) is 42.0 Å². The zero-order valence-electron chi connectivity index (χ0n) is 29.8. The molecule has 3 aliphatic rings. The Labute approximate surface area is 300 Å². The van der Waals surface area contributed by atoms with Crippen LogP contribution in [0.3, 0.4) is 0 Å². The molecule has 2 aliphatic carbocycles. The Balaban J connectivity index is 1.19. The lowest BCUT2D eigenvalue weighted by Crippen LogP contribution is -2.47. The monoisotopic (exact) mass is 721 g/mol. The van der Waals surface area contributed by atoms with Crippen LogP contribution >= 0.6 is 0 Å². The highest BCUT2D eigenvalue weighted by molar-refractivity contribution is 5.91. The molecule has 0 amide bonds. The van der Waals surface area contributed by atoms with Crippen molar-refractivity contribution in [3.8, 4) is 22.8 Å². The van der Waals surface area contributed by atoms with Gasteiger partial charge in [-0.3, -0.25) is 14.7 Å². The highest BCUT2D eigenvalue weighted by atomic mass is 19.4. The van der Waals surface area contributed by atoms with E-state index in [0.29, 0.717) is 60.8 Å². The Morgan fingerprint density at radius 3 is 2.44 bits per heavy atom. The highest BCUT2D eigenvalue weighted by Crippen LogP contribution is 2.46. The molecule has 0 aromatic carbocycles. The molecule has 0 radical (unpaired) electrons. The zero-order chi connectivity index (χ0) is 36.5. The van der Waals surface area contributed by atoms with E-state index in [1.54, 1.807) is 19.5 Å². The fourth-order valence-electron chi connectivity index (χ4n) is 7.87. The van der Waals surface area contributed by atoms with Gasteiger partial charge in [0, 0.05) is 76.4 Å². The number of aromatic amines is 1. The number of nitrogens with one attached hydrogen (secondary N) is 1. The van der Waals surface area contributed by atoms with Crippen molar-refractivity contribution in [2.45, 2.75) is 69.9 Å². The van der Waals surface area contributed by atoms with Crippen molar-refractivity contribution in [2.75, 3.05) is 69.8 Å². The van der Waals surface area contributed by atoms with Gasteiger partial charge in [-0.1, -0.05) is 19.3 Å². The number of pyridine rings is 2. The number of methoxy groups -OCH3 is 1. The summed E-state index contributed by atoms with van der Waals surface area (Å²) in [4.78, 5) is 44.1. The van der Waals surface area contributed by atoms with Gasteiger partial charge in [-0.05, 0) is 50.8 Å². The third kappa shape index (κ3) is 7.99. The molecule has 12 nitrogen and oxygen atoms in total. The summed E-state index contributed by atoms with van der Waals surface area (Å²) < 4.78 is 48.5. The van der Waals surface area contributed by atoms with E-state index in [1.807, 2.05) is 13.1 Å². The maximum absolute atomic E-state index is 14.3. The van der Waals surface area contributed by atoms with Crippen LogP contribution in [0.15, 0.2) is 30.7 Å². The summed E-state index contributed by atoms with van der Waals surface area (Å²) in [5.41, 5.74) is 2.30. The molecule has 4 aromatic heterocycles. The summed E-state index contributed by atoms with van der Waals surface area (Å²) in [5, 5.41) is 8.93. The van der Waals surface area contributed by atoms with Gasteiger partial charge < -0.3 is 24.6 Å². The van der Waals surface area contributed by atoms with E-state index in [-0.39, 0.29) is 29.0 Å². The second-order valence-corrected chi connectivity index (χ2v) is 14.7. The van der Waals surface area contributed by atoms with Gasteiger partial charge in [0.15, 0.2) is 11.5 Å². The third-order valence-electron chi connectivity index (χ3n) is 10.7. The number of anilines is 2. The quantitative estimate of drug-likeness (QED) is 0.159. The molecule has 278 valence electrons. The number of carboxylic acids is 1. The molecule has 1 aliphatic heterocycles. The molecule has 0 bridgehead atoms. The number of carboxylic acid groups (broad SMARTS) is 1. The normalized spacial score (nSPS) is 18.2. The minimum absolute atomic E-state index is 0.0530. The number of carbonyl (C=O) groups is 1. The van der Waals surface area contributed by atoms with E-state index in [4.69, 9.17) is 29.8 Å². The number of fused-ring (bicyclic) bond motifs is 1. The molecule has 0 spiro atoms. The van der Waals surface area contributed by atoms with Crippen molar-refractivity contribution in [1.82, 2.24) is 34.8 Å². The zero-order valence-corrected chi connectivity index (χ0v) is 29.8. The van der Waals surface area contributed by atoms with Crippen molar-refractivity contribution < 1.29 is 27.8 Å². The van der Waals surface area contributed by atoms with Gasteiger partial charge in [-0.15, -0.1) is 0 Å². The lowest BCUT2D eigenvalue weighted by atomic mass is 9.74. The second-order valence-electron chi connectivity index (χ2n) is 14.7. The minimum atomic E-state index is -4.53. The minimum Gasteiger partial charge on any atom is -0.481 e. The van der Waals surface area contributed by atoms with Crippen LogP contribution in [-0.4, -0.2) is 106 Å². The molecule has 0 atom stereocenters. The van der Waals surface area contributed by atoms with Crippen molar-refractivity contribution in [3.63, 3.8) is 0 Å². The number of alkyl halides is 3. The maximum atomic E-state index is 14.3. The smallest absolute Gasteiger partial charge is 0.418 e. The number of aliphatic carboxylic acids is 1. The van der Waals surface area contributed by atoms with Gasteiger partial charge in [0.25, 0.3) is 0 Å². The van der Waals surface area contributed by atoms with E-state index in [0.717, 1.165) is 69.9 Å². The number of hydrogen-bond acceptors (Lipinski definition) is 10. The Morgan fingerprint density at radius 1 is 1.02 bits per heavy atom. The molecular weight excluding hydrogens is 675 g/mol. The highest BCUT2D eigenvalue weighted by Gasteiger charge is 2.40. The summed E-state index contributed by atoms with van der Waals surface area (Å²) in [7, 11) is 3.73. The van der Waals surface area contributed by atoms with Crippen LogP contribution in [0.2, 0.25) is 0 Å². The van der Waals surface area contributed by atoms with Crippen LogP contribution in [0.4, 0.5) is 24.7 Å². The van der Waals surface area contributed by atoms with Crippen LogP contribution in [0.5, 0.6) is 0 Å². The van der Waals surface area contributed by atoms with Gasteiger partial charge in [-0.25, -0.2) is 19.9 Å². The summed E-state index contributed by atoms with van der Waals surface area (Å²) in [5.74, 6) is 0.267. The Hall–Kier alpha value is -4.37. The van der Waals surface area contributed by atoms with Gasteiger partial charge in [0.2, 0.25) is 0 Å². The molecule has 1 saturated heterocycles.